The van der Waals surface area contributed by atoms with Crippen LogP contribution in [0.25, 0.3) is 0 Å². The average molecular weight is 263 g/mol. The maximum atomic E-state index is 12.0. The zero-order valence-electron chi connectivity index (χ0n) is 12.4. The summed E-state index contributed by atoms with van der Waals surface area (Å²) in [7, 11) is 4.09. The van der Waals surface area contributed by atoms with Gasteiger partial charge < -0.3 is 0 Å². The Bertz CT molecular complexity index is 411. The number of hydrogen-bond acceptors (Lipinski definition) is 3. The molecule has 2 unspecified atom stereocenters. The molecule has 3 heteroatoms. The Kier molecular flexibility index (Phi) is 4.24. The lowest BCUT2D eigenvalue weighted by Gasteiger charge is -2.40. The second kappa shape index (κ2) is 5.58. The molecule has 0 N–H and O–H groups in total. The van der Waals surface area contributed by atoms with E-state index in [4.69, 9.17) is 0 Å². The fraction of sp³-hybridized carbons (Fsp3) is 0.750. The van der Waals surface area contributed by atoms with Crippen LogP contribution in [-0.2, 0) is 9.59 Å². The lowest BCUT2D eigenvalue weighted by molar-refractivity contribution is -0.122. The van der Waals surface area contributed by atoms with E-state index in [1.54, 1.807) is 0 Å². The minimum atomic E-state index is -0.197. The number of likely N-dealkylation sites (N-methyl/N-ethyl adjacent to an activating group) is 1. The van der Waals surface area contributed by atoms with Crippen molar-refractivity contribution in [3.63, 3.8) is 0 Å². The van der Waals surface area contributed by atoms with Crippen molar-refractivity contribution in [3.05, 3.63) is 11.6 Å². The van der Waals surface area contributed by atoms with Gasteiger partial charge >= 0.3 is 0 Å². The summed E-state index contributed by atoms with van der Waals surface area (Å²) >= 11 is 0. The number of carbonyl (C=O) groups is 2. The van der Waals surface area contributed by atoms with E-state index < -0.39 is 0 Å². The van der Waals surface area contributed by atoms with Crippen LogP contribution in [0.5, 0.6) is 0 Å². The second-order valence-corrected chi connectivity index (χ2v) is 6.25. The molecule has 0 aliphatic heterocycles. The summed E-state index contributed by atoms with van der Waals surface area (Å²) in [6.07, 6.45) is 7.99. The quantitative estimate of drug-likeness (QED) is 0.765. The Hall–Kier alpha value is -0.960. The van der Waals surface area contributed by atoms with Crippen molar-refractivity contribution < 1.29 is 9.59 Å². The number of nitrogens with zero attached hydrogens (tertiary/aromatic N) is 1. The first-order chi connectivity index (χ1) is 8.99. The van der Waals surface area contributed by atoms with Crippen LogP contribution < -0.4 is 0 Å². The standard InChI is InChI=1S/C16H25NO2/c1-4-6-13-9-14(18)11-16(13,17(2)3)10-12-7-5-8-15(12)19/h9,12H,4-8,10-11H2,1-3H3. The molecular formula is C16H25NO2. The van der Waals surface area contributed by atoms with E-state index in [0.29, 0.717) is 12.2 Å². The molecule has 0 aromatic heterocycles. The van der Waals surface area contributed by atoms with Gasteiger partial charge in [0.05, 0.1) is 0 Å². The van der Waals surface area contributed by atoms with Crippen LogP contribution in [0.1, 0.15) is 51.9 Å². The highest BCUT2D eigenvalue weighted by Gasteiger charge is 2.45. The summed E-state index contributed by atoms with van der Waals surface area (Å²) in [6.45, 7) is 2.14. The molecule has 2 aliphatic rings. The van der Waals surface area contributed by atoms with Crippen LogP contribution >= 0.6 is 0 Å². The zero-order valence-corrected chi connectivity index (χ0v) is 12.4. The van der Waals surface area contributed by atoms with Gasteiger partial charge in [-0.15, -0.1) is 0 Å². The summed E-state index contributed by atoms with van der Waals surface area (Å²) in [5, 5.41) is 0. The molecule has 2 atom stereocenters. The van der Waals surface area contributed by atoms with Crippen molar-refractivity contribution in [2.75, 3.05) is 14.1 Å². The number of rotatable bonds is 5. The van der Waals surface area contributed by atoms with Gasteiger partial charge in [-0.25, -0.2) is 0 Å². The second-order valence-electron chi connectivity index (χ2n) is 6.25. The zero-order chi connectivity index (χ0) is 14.0. The van der Waals surface area contributed by atoms with Crippen molar-refractivity contribution >= 4 is 11.6 Å². The number of hydrogen-bond donors (Lipinski definition) is 0. The van der Waals surface area contributed by atoms with Crippen molar-refractivity contribution in [2.45, 2.75) is 57.4 Å². The summed E-state index contributed by atoms with van der Waals surface area (Å²) in [5.74, 6) is 0.785. The molecule has 0 aromatic carbocycles. The van der Waals surface area contributed by atoms with Gasteiger partial charge in [-0.05, 0) is 51.4 Å². The molecule has 1 saturated carbocycles. The van der Waals surface area contributed by atoms with Gasteiger partial charge in [-0.2, -0.15) is 0 Å². The predicted molar refractivity (Wildman–Crippen MR) is 76.0 cm³/mol. The maximum Gasteiger partial charge on any atom is 0.157 e. The number of ketones is 2. The van der Waals surface area contributed by atoms with E-state index >= 15 is 0 Å². The van der Waals surface area contributed by atoms with Crippen molar-refractivity contribution in [3.8, 4) is 0 Å². The van der Waals surface area contributed by atoms with Gasteiger partial charge in [0.1, 0.15) is 5.78 Å². The normalized spacial score (nSPS) is 31.4. The fourth-order valence-electron chi connectivity index (χ4n) is 3.70. The highest BCUT2D eigenvalue weighted by atomic mass is 16.1. The third-order valence-electron chi connectivity index (χ3n) is 4.79. The molecule has 0 aromatic rings. The molecule has 0 amide bonds. The minimum Gasteiger partial charge on any atom is -0.300 e. The third kappa shape index (κ3) is 2.66. The smallest absolute Gasteiger partial charge is 0.157 e. The third-order valence-corrected chi connectivity index (χ3v) is 4.79. The Labute approximate surface area is 116 Å². The molecule has 106 valence electrons. The van der Waals surface area contributed by atoms with Crippen LogP contribution in [0.3, 0.4) is 0 Å². The van der Waals surface area contributed by atoms with Gasteiger partial charge in [-0.1, -0.05) is 13.3 Å². The van der Waals surface area contributed by atoms with Gasteiger partial charge in [0, 0.05) is 24.3 Å². The van der Waals surface area contributed by atoms with Crippen LogP contribution in [0.4, 0.5) is 0 Å². The fourth-order valence-corrected chi connectivity index (χ4v) is 3.70. The minimum absolute atomic E-state index is 0.161. The van der Waals surface area contributed by atoms with Gasteiger partial charge in [0.25, 0.3) is 0 Å². The summed E-state index contributed by atoms with van der Waals surface area (Å²) in [5.41, 5.74) is 1.04. The first kappa shape index (κ1) is 14.4. The Morgan fingerprint density at radius 2 is 2.11 bits per heavy atom. The SMILES string of the molecule is CCCC1=CC(=O)CC1(CC1CCCC1=O)N(C)C. The van der Waals surface area contributed by atoms with Crippen molar-refractivity contribution in [1.29, 1.82) is 0 Å². The lowest BCUT2D eigenvalue weighted by atomic mass is 9.78. The highest BCUT2D eigenvalue weighted by Crippen LogP contribution is 2.43. The van der Waals surface area contributed by atoms with Crippen LogP contribution in [-0.4, -0.2) is 36.1 Å². The van der Waals surface area contributed by atoms with Crippen molar-refractivity contribution in [2.24, 2.45) is 5.92 Å². The van der Waals surface area contributed by atoms with Gasteiger partial charge in [0.2, 0.25) is 0 Å². The molecule has 19 heavy (non-hydrogen) atoms. The van der Waals surface area contributed by atoms with E-state index in [1.165, 1.54) is 5.57 Å². The highest BCUT2D eigenvalue weighted by molar-refractivity contribution is 5.95. The van der Waals surface area contributed by atoms with E-state index in [1.807, 2.05) is 20.2 Å². The number of carbonyl (C=O) groups excluding carboxylic acids is 2. The lowest BCUT2D eigenvalue weighted by Crippen LogP contribution is -2.46. The molecule has 2 rings (SSSR count). The first-order valence-electron chi connectivity index (χ1n) is 7.43. The summed E-state index contributed by atoms with van der Waals surface area (Å²) in [6, 6.07) is 0. The molecule has 0 heterocycles. The van der Waals surface area contributed by atoms with Crippen LogP contribution in [0.15, 0.2) is 11.6 Å². The van der Waals surface area contributed by atoms with Crippen LogP contribution in [0.2, 0.25) is 0 Å². The average Bonchev–Trinajstić information content (AvgIpc) is 2.86. The molecule has 1 fully saturated rings. The molecule has 3 nitrogen and oxygen atoms in total. The summed E-state index contributed by atoms with van der Waals surface area (Å²) in [4.78, 5) is 26.0. The molecule has 0 saturated heterocycles. The predicted octanol–water partition coefficient (Wildman–Crippen LogP) is 2.75. The Morgan fingerprint density at radius 1 is 1.37 bits per heavy atom. The molecule has 0 spiro atoms. The monoisotopic (exact) mass is 263 g/mol. The molecule has 2 aliphatic carbocycles. The molecule has 0 bridgehead atoms. The van der Waals surface area contributed by atoms with E-state index in [0.717, 1.165) is 38.5 Å². The Balaban J connectivity index is 2.25. The Morgan fingerprint density at radius 3 is 2.63 bits per heavy atom. The topological polar surface area (TPSA) is 37.4 Å². The maximum absolute atomic E-state index is 12.0. The summed E-state index contributed by atoms with van der Waals surface area (Å²) < 4.78 is 0. The number of Topliss-reactive ketones (excluding diaryl/α,β-unsaturated/α-hetero) is 1. The van der Waals surface area contributed by atoms with E-state index in [-0.39, 0.29) is 17.2 Å². The first-order valence-corrected chi connectivity index (χ1v) is 7.43. The molecular weight excluding hydrogens is 238 g/mol. The van der Waals surface area contributed by atoms with Crippen LogP contribution in [0, 0.1) is 5.92 Å². The largest absolute Gasteiger partial charge is 0.300 e. The van der Waals surface area contributed by atoms with Crippen molar-refractivity contribution in [1.82, 2.24) is 4.90 Å². The molecule has 0 radical (unpaired) electrons. The van der Waals surface area contributed by atoms with Gasteiger partial charge in [-0.3, -0.25) is 14.5 Å². The van der Waals surface area contributed by atoms with E-state index in [9.17, 15) is 9.59 Å². The van der Waals surface area contributed by atoms with E-state index in [2.05, 4.69) is 11.8 Å². The number of allylic oxidation sites excluding steroid dienone is 1. The van der Waals surface area contributed by atoms with Gasteiger partial charge in [0.15, 0.2) is 5.78 Å².